The van der Waals surface area contributed by atoms with Gasteiger partial charge in [-0.3, -0.25) is 0 Å². The molecule has 0 saturated heterocycles. The van der Waals surface area contributed by atoms with E-state index in [1.165, 1.54) is 10.4 Å². The highest BCUT2D eigenvalue weighted by Gasteiger charge is 1.96. The molecule has 2 aromatic rings. The van der Waals surface area contributed by atoms with Gasteiger partial charge in [-0.1, -0.05) is 24.1 Å². The molecule has 0 aliphatic heterocycles. The molecular weight excluding hydrogens is 242 g/mol. The van der Waals surface area contributed by atoms with Crippen molar-refractivity contribution in [3.05, 3.63) is 52.2 Å². The van der Waals surface area contributed by atoms with Crippen molar-refractivity contribution in [2.24, 2.45) is 0 Å². The van der Waals surface area contributed by atoms with Crippen molar-refractivity contribution in [1.82, 2.24) is 5.32 Å². The zero-order valence-electron chi connectivity index (χ0n) is 10.1. The summed E-state index contributed by atoms with van der Waals surface area (Å²) >= 11 is 1.77. The molecule has 0 fully saturated rings. The molecule has 0 atom stereocenters. The standard InChI is InChI=1S/C15H15NOS/c1-2-9-17-14-7-5-13(6-8-14)11-16-12-15-4-3-10-18-15/h1,3-8,10,16H,9,11-12H2. The van der Waals surface area contributed by atoms with Crippen molar-refractivity contribution in [2.45, 2.75) is 13.1 Å². The van der Waals surface area contributed by atoms with Crippen LogP contribution in [0.2, 0.25) is 0 Å². The van der Waals surface area contributed by atoms with Gasteiger partial charge in [0.2, 0.25) is 0 Å². The largest absolute Gasteiger partial charge is 0.481 e. The Hall–Kier alpha value is -1.76. The van der Waals surface area contributed by atoms with Crippen molar-refractivity contribution >= 4 is 11.3 Å². The molecule has 0 spiro atoms. The Labute approximate surface area is 112 Å². The third-order valence-electron chi connectivity index (χ3n) is 2.45. The quantitative estimate of drug-likeness (QED) is 0.803. The number of thiophene rings is 1. The molecule has 1 aromatic carbocycles. The molecule has 0 bridgehead atoms. The number of ether oxygens (including phenoxy) is 1. The van der Waals surface area contributed by atoms with Gasteiger partial charge in [0.15, 0.2) is 0 Å². The average Bonchev–Trinajstić information content (AvgIpc) is 2.91. The van der Waals surface area contributed by atoms with E-state index < -0.39 is 0 Å². The van der Waals surface area contributed by atoms with Crippen molar-refractivity contribution in [2.75, 3.05) is 6.61 Å². The predicted molar refractivity (Wildman–Crippen MR) is 75.6 cm³/mol. The Morgan fingerprint density at radius 1 is 1.17 bits per heavy atom. The monoisotopic (exact) mass is 257 g/mol. The first-order valence-electron chi connectivity index (χ1n) is 5.77. The zero-order chi connectivity index (χ0) is 12.6. The number of hydrogen-bond donors (Lipinski definition) is 1. The summed E-state index contributed by atoms with van der Waals surface area (Å²) in [5, 5.41) is 5.50. The summed E-state index contributed by atoms with van der Waals surface area (Å²) in [6.07, 6.45) is 5.13. The first-order chi connectivity index (χ1) is 8.88. The van der Waals surface area contributed by atoms with Crippen LogP contribution in [0.25, 0.3) is 0 Å². The highest BCUT2D eigenvalue weighted by atomic mass is 32.1. The lowest BCUT2D eigenvalue weighted by Gasteiger charge is -2.05. The summed E-state index contributed by atoms with van der Waals surface area (Å²) < 4.78 is 5.32. The molecule has 3 heteroatoms. The number of rotatable bonds is 6. The van der Waals surface area contributed by atoms with Gasteiger partial charge in [-0.25, -0.2) is 0 Å². The van der Waals surface area contributed by atoms with Crippen LogP contribution in [0.4, 0.5) is 0 Å². The maximum Gasteiger partial charge on any atom is 0.148 e. The molecule has 92 valence electrons. The molecule has 0 aliphatic rings. The molecule has 0 unspecified atom stereocenters. The van der Waals surface area contributed by atoms with Gasteiger partial charge in [0, 0.05) is 18.0 Å². The van der Waals surface area contributed by atoms with E-state index in [4.69, 9.17) is 11.2 Å². The second-order valence-electron chi connectivity index (χ2n) is 3.82. The maximum absolute atomic E-state index is 5.32. The molecule has 0 amide bonds. The molecule has 1 heterocycles. The van der Waals surface area contributed by atoms with Crippen LogP contribution >= 0.6 is 11.3 Å². The Bertz CT molecular complexity index is 496. The summed E-state index contributed by atoms with van der Waals surface area (Å²) in [5.41, 5.74) is 1.24. The number of terminal acetylenes is 1. The van der Waals surface area contributed by atoms with Crippen LogP contribution in [0.1, 0.15) is 10.4 Å². The van der Waals surface area contributed by atoms with Gasteiger partial charge in [0.25, 0.3) is 0 Å². The van der Waals surface area contributed by atoms with E-state index in [9.17, 15) is 0 Å². The van der Waals surface area contributed by atoms with E-state index in [1.54, 1.807) is 11.3 Å². The highest BCUT2D eigenvalue weighted by molar-refractivity contribution is 7.09. The van der Waals surface area contributed by atoms with E-state index in [-0.39, 0.29) is 0 Å². The van der Waals surface area contributed by atoms with Gasteiger partial charge in [-0.2, -0.15) is 0 Å². The third-order valence-corrected chi connectivity index (χ3v) is 3.33. The normalized spacial score (nSPS) is 9.94. The Morgan fingerprint density at radius 3 is 2.67 bits per heavy atom. The predicted octanol–water partition coefficient (Wildman–Crippen LogP) is 3.05. The molecule has 1 aromatic heterocycles. The zero-order valence-corrected chi connectivity index (χ0v) is 10.9. The molecule has 0 aliphatic carbocycles. The number of nitrogens with one attached hydrogen (secondary N) is 1. The lowest BCUT2D eigenvalue weighted by atomic mass is 10.2. The Morgan fingerprint density at radius 2 is 2.00 bits per heavy atom. The van der Waals surface area contributed by atoms with Crippen LogP contribution in [0.5, 0.6) is 5.75 Å². The van der Waals surface area contributed by atoms with Crippen molar-refractivity contribution in [3.63, 3.8) is 0 Å². The number of hydrogen-bond acceptors (Lipinski definition) is 3. The fourth-order valence-corrected chi connectivity index (χ4v) is 2.25. The highest BCUT2D eigenvalue weighted by Crippen LogP contribution is 2.12. The molecule has 2 rings (SSSR count). The van der Waals surface area contributed by atoms with E-state index in [2.05, 4.69) is 28.8 Å². The minimum atomic E-state index is 0.315. The van der Waals surface area contributed by atoms with Crippen molar-refractivity contribution in [1.29, 1.82) is 0 Å². The van der Waals surface area contributed by atoms with Crippen molar-refractivity contribution < 1.29 is 4.74 Å². The summed E-state index contributed by atoms with van der Waals surface area (Å²) in [6.45, 7) is 2.08. The first-order valence-corrected chi connectivity index (χ1v) is 6.65. The van der Waals surface area contributed by atoms with Crippen LogP contribution in [-0.2, 0) is 13.1 Å². The van der Waals surface area contributed by atoms with Crippen LogP contribution in [0.3, 0.4) is 0 Å². The maximum atomic E-state index is 5.32. The van der Waals surface area contributed by atoms with E-state index in [1.807, 2.05) is 24.3 Å². The van der Waals surface area contributed by atoms with E-state index in [0.29, 0.717) is 6.61 Å². The molecule has 0 saturated carbocycles. The minimum absolute atomic E-state index is 0.315. The van der Waals surface area contributed by atoms with E-state index >= 15 is 0 Å². The summed E-state index contributed by atoms with van der Waals surface area (Å²) in [6, 6.07) is 12.2. The van der Waals surface area contributed by atoms with Gasteiger partial charge < -0.3 is 10.1 Å². The molecule has 2 nitrogen and oxygen atoms in total. The summed E-state index contributed by atoms with van der Waals surface area (Å²) in [4.78, 5) is 1.35. The average molecular weight is 257 g/mol. The lowest BCUT2D eigenvalue weighted by molar-refractivity contribution is 0.370. The number of benzene rings is 1. The fourth-order valence-electron chi connectivity index (χ4n) is 1.57. The van der Waals surface area contributed by atoms with Crippen LogP contribution in [0.15, 0.2) is 41.8 Å². The Kier molecular flexibility index (Phi) is 4.83. The second-order valence-corrected chi connectivity index (χ2v) is 4.85. The molecule has 0 radical (unpaired) electrons. The summed E-state index contributed by atoms with van der Waals surface area (Å²) in [5.74, 6) is 3.26. The second kappa shape index (κ2) is 6.85. The van der Waals surface area contributed by atoms with Gasteiger partial charge in [-0.05, 0) is 29.1 Å². The smallest absolute Gasteiger partial charge is 0.148 e. The van der Waals surface area contributed by atoms with Gasteiger partial charge in [0.05, 0.1) is 0 Å². The first kappa shape index (κ1) is 12.7. The molecule has 18 heavy (non-hydrogen) atoms. The Balaban J connectivity index is 1.78. The third kappa shape index (κ3) is 3.92. The van der Waals surface area contributed by atoms with Gasteiger partial charge >= 0.3 is 0 Å². The SMILES string of the molecule is C#CCOc1ccc(CNCc2cccs2)cc1. The van der Waals surface area contributed by atoms with Crippen molar-refractivity contribution in [3.8, 4) is 18.1 Å². The van der Waals surface area contributed by atoms with Gasteiger partial charge in [0.1, 0.15) is 12.4 Å². The lowest BCUT2D eigenvalue weighted by Crippen LogP contribution is -2.11. The van der Waals surface area contributed by atoms with Crippen LogP contribution < -0.4 is 10.1 Å². The minimum Gasteiger partial charge on any atom is -0.481 e. The fraction of sp³-hybridized carbons (Fsp3) is 0.200. The van der Waals surface area contributed by atoms with Crippen LogP contribution in [0, 0.1) is 12.3 Å². The summed E-state index contributed by atoms with van der Waals surface area (Å²) in [7, 11) is 0. The van der Waals surface area contributed by atoms with E-state index in [0.717, 1.165) is 18.8 Å². The van der Waals surface area contributed by atoms with Crippen LogP contribution in [-0.4, -0.2) is 6.61 Å². The van der Waals surface area contributed by atoms with Gasteiger partial charge in [-0.15, -0.1) is 17.8 Å². The molecule has 1 N–H and O–H groups in total. The topological polar surface area (TPSA) is 21.3 Å². The molecular formula is C15H15NOS.